The Morgan fingerprint density at radius 3 is 2.50 bits per heavy atom. The number of hydrogen-bond acceptors (Lipinski definition) is 4. The molecule has 0 saturated heterocycles. The lowest BCUT2D eigenvalue weighted by Crippen LogP contribution is -2.21. The second-order valence-electron chi connectivity index (χ2n) is 6.50. The van der Waals surface area contributed by atoms with Crippen LogP contribution in [0.1, 0.15) is 0 Å². The third kappa shape index (κ3) is 3.18. The SMILES string of the molecule is CN(C)CCNc1nc(-c2[nH]c3ccccc3c2Br)nc2ccccc12. The Kier molecular flexibility index (Phi) is 4.61. The topological polar surface area (TPSA) is 56.8 Å². The Bertz CT molecular complexity index is 1070. The van der Waals surface area contributed by atoms with Crippen molar-refractivity contribution in [2.75, 3.05) is 32.5 Å². The maximum atomic E-state index is 4.82. The Labute approximate surface area is 160 Å². The maximum absolute atomic E-state index is 4.82. The van der Waals surface area contributed by atoms with E-state index in [1.807, 2.05) is 30.3 Å². The van der Waals surface area contributed by atoms with Crippen LogP contribution in [0.2, 0.25) is 0 Å². The van der Waals surface area contributed by atoms with E-state index >= 15 is 0 Å². The zero-order valence-corrected chi connectivity index (χ0v) is 16.3. The van der Waals surface area contributed by atoms with Crippen molar-refractivity contribution in [2.24, 2.45) is 0 Å². The smallest absolute Gasteiger partial charge is 0.179 e. The summed E-state index contributed by atoms with van der Waals surface area (Å²) in [5.74, 6) is 1.54. The molecule has 0 saturated carbocycles. The van der Waals surface area contributed by atoms with Crippen LogP contribution in [0.25, 0.3) is 33.3 Å². The van der Waals surface area contributed by atoms with E-state index in [1.54, 1.807) is 0 Å². The highest BCUT2D eigenvalue weighted by molar-refractivity contribution is 9.10. The number of aromatic nitrogens is 3. The lowest BCUT2D eigenvalue weighted by atomic mass is 10.2. The number of benzene rings is 2. The lowest BCUT2D eigenvalue weighted by Gasteiger charge is -2.13. The van der Waals surface area contributed by atoms with Crippen molar-refractivity contribution in [3.8, 4) is 11.5 Å². The summed E-state index contributed by atoms with van der Waals surface area (Å²) in [5.41, 5.74) is 2.89. The van der Waals surface area contributed by atoms with Gasteiger partial charge in [0.2, 0.25) is 0 Å². The first-order valence-corrected chi connectivity index (χ1v) is 9.35. The van der Waals surface area contributed by atoms with Gasteiger partial charge in [0.05, 0.1) is 15.7 Å². The van der Waals surface area contributed by atoms with E-state index < -0.39 is 0 Å². The molecule has 132 valence electrons. The maximum Gasteiger partial charge on any atom is 0.179 e. The van der Waals surface area contributed by atoms with Gasteiger partial charge < -0.3 is 15.2 Å². The van der Waals surface area contributed by atoms with Gasteiger partial charge >= 0.3 is 0 Å². The molecular weight excluding hydrogens is 390 g/mol. The highest BCUT2D eigenvalue weighted by Crippen LogP contribution is 2.34. The summed E-state index contributed by atoms with van der Waals surface area (Å²) in [7, 11) is 4.12. The van der Waals surface area contributed by atoms with Crippen LogP contribution in [0.4, 0.5) is 5.82 Å². The van der Waals surface area contributed by atoms with E-state index in [2.05, 4.69) is 63.4 Å². The number of likely N-dealkylation sites (N-methyl/N-ethyl adjacent to an activating group) is 1. The second kappa shape index (κ2) is 7.05. The van der Waals surface area contributed by atoms with Crippen molar-refractivity contribution >= 4 is 43.6 Å². The number of halogens is 1. The molecule has 0 aliphatic rings. The van der Waals surface area contributed by atoms with Gasteiger partial charge in [-0.3, -0.25) is 0 Å². The van der Waals surface area contributed by atoms with E-state index in [-0.39, 0.29) is 0 Å². The van der Waals surface area contributed by atoms with Crippen molar-refractivity contribution in [1.82, 2.24) is 19.9 Å². The number of rotatable bonds is 5. The molecule has 0 radical (unpaired) electrons. The molecule has 0 bridgehead atoms. The lowest BCUT2D eigenvalue weighted by molar-refractivity contribution is 0.425. The average molecular weight is 410 g/mol. The number of aromatic amines is 1. The van der Waals surface area contributed by atoms with Gasteiger partial charge in [0, 0.05) is 29.4 Å². The molecule has 6 heteroatoms. The van der Waals surface area contributed by atoms with Crippen molar-refractivity contribution in [3.05, 3.63) is 53.0 Å². The number of fused-ring (bicyclic) bond motifs is 2. The molecule has 2 N–H and O–H groups in total. The van der Waals surface area contributed by atoms with Gasteiger partial charge in [-0.25, -0.2) is 9.97 Å². The van der Waals surface area contributed by atoms with E-state index in [1.165, 1.54) is 0 Å². The highest BCUT2D eigenvalue weighted by Gasteiger charge is 2.15. The molecule has 2 aromatic carbocycles. The minimum atomic E-state index is 0.680. The zero-order valence-electron chi connectivity index (χ0n) is 14.8. The van der Waals surface area contributed by atoms with Crippen molar-refractivity contribution in [2.45, 2.75) is 0 Å². The van der Waals surface area contributed by atoms with Gasteiger partial charge in [0.25, 0.3) is 0 Å². The van der Waals surface area contributed by atoms with Gasteiger partial charge in [0.15, 0.2) is 5.82 Å². The normalized spacial score (nSPS) is 11.5. The van der Waals surface area contributed by atoms with Crippen LogP contribution in [0.15, 0.2) is 53.0 Å². The first kappa shape index (κ1) is 17.0. The Morgan fingerprint density at radius 1 is 1.00 bits per heavy atom. The first-order chi connectivity index (χ1) is 12.6. The Morgan fingerprint density at radius 2 is 1.73 bits per heavy atom. The number of nitrogens with zero attached hydrogens (tertiary/aromatic N) is 3. The molecule has 0 unspecified atom stereocenters. The van der Waals surface area contributed by atoms with Crippen molar-refractivity contribution < 1.29 is 0 Å². The van der Waals surface area contributed by atoms with Gasteiger partial charge in [-0.2, -0.15) is 0 Å². The number of hydrogen-bond donors (Lipinski definition) is 2. The second-order valence-corrected chi connectivity index (χ2v) is 7.30. The van der Waals surface area contributed by atoms with E-state index in [0.29, 0.717) is 5.82 Å². The van der Waals surface area contributed by atoms with Crippen molar-refractivity contribution in [1.29, 1.82) is 0 Å². The molecule has 0 fully saturated rings. The van der Waals surface area contributed by atoms with E-state index in [0.717, 1.165) is 50.9 Å². The summed E-state index contributed by atoms with van der Waals surface area (Å²) in [4.78, 5) is 15.2. The number of nitrogens with one attached hydrogen (secondary N) is 2. The van der Waals surface area contributed by atoms with Crippen LogP contribution in [0.3, 0.4) is 0 Å². The molecule has 4 aromatic rings. The minimum absolute atomic E-state index is 0.680. The van der Waals surface area contributed by atoms with Crippen LogP contribution in [0, 0.1) is 0 Å². The molecule has 4 rings (SSSR count). The third-order valence-corrected chi connectivity index (χ3v) is 5.14. The predicted octanol–water partition coefficient (Wildman–Crippen LogP) is 4.51. The fraction of sp³-hybridized carbons (Fsp3) is 0.200. The Hall–Kier alpha value is -2.44. The summed E-state index contributed by atoms with van der Waals surface area (Å²) in [5, 5.41) is 5.62. The predicted molar refractivity (Wildman–Crippen MR) is 112 cm³/mol. The molecular formula is C20H20BrN5. The number of anilines is 1. The van der Waals surface area contributed by atoms with Crippen LogP contribution >= 0.6 is 15.9 Å². The highest BCUT2D eigenvalue weighted by atomic mass is 79.9. The zero-order chi connectivity index (χ0) is 18.1. The standard InChI is InChI=1S/C20H20BrN5/c1-26(2)12-11-22-19-14-8-4-6-10-16(14)24-20(25-19)18-17(21)13-7-3-5-9-15(13)23-18/h3-10,23H,11-12H2,1-2H3,(H,22,24,25). The molecule has 0 amide bonds. The summed E-state index contributed by atoms with van der Waals surface area (Å²) in [6.45, 7) is 1.76. The molecule has 5 nitrogen and oxygen atoms in total. The fourth-order valence-corrected chi connectivity index (χ4v) is 3.61. The molecule has 0 atom stereocenters. The number of H-pyrrole nitrogens is 1. The van der Waals surface area contributed by atoms with Crippen molar-refractivity contribution in [3.63, 3.8) is 0 Å². The van der Waals surface area contributed by atoms with Crippen LogP contribution in [-0.2, 0) is 0 Å². The summed E-state index contributed by atoms with van der Waals surface area (Å²) < 4.78 is 0.989. The van der Waals surface area contributed by atoms with Gasteiger partial charge in [-0.1, -0.05) is 30.3 Å². The monoisotopic (exact) mass is 409 g/mol. The summed E-state index contributed by atoms with van der Waals surface area (Å²) >= 11 is 3.71. The molecule has 26 heavy (non-hydrogen) atoms. The molecule has 0 spiro atoms. The van der Waals surface area contributed by atoms with Gasteiger partial charge in [-0.15, -0.1) is 0 Å². The third-order valence-electron chi connectivity index (χ3n) is 4.32. The summed E-state index contributed by atoms with van der Waals surface area (Å²) in [6.07, 6.45) is 0. The number of para-hydroxylation sites is 2. The van der Waals surface area contributed by atoms with Crippen LogP contribution < -0.4 is 5.32 Å². The fourth-order valence-electron chi connectivity index (χ4n) is 2.98. The summed E-state index contributed by atoms with van der Waals surface area (Å²) in [6, 6.07) is 16.3. The first-order valence-electron chi connectivity index (χ1n) is 8.55. The van der Waals surface area contributed by atoms with Crippen LogP contribution in [-0.4, -0.2) is 47.0 Å². The largest absolute Gasteiger partial charge is 0.368 e. The van der Waals surface area contributed by atoms with E-state index in [4.69, 9.17) is 9.97 Å². The van der Waals surface area contributed by atoms with Gasteiger partial charge in [-0.05, 0) is 48.2 Å². The quantitative estimate of drug-likeness (QED) is 0.508. The molecule has 0 aliphatic carbocycles. The van der Waals surface area contributed by atoms with E-state index in [9.17, 15) is 0 Å². The minimum Gasteiger partial charge on any atom is -0.368 e. The van der Waals surface area contributed by atoms with Crippen LogP contribution in [0.5, 0.6) is 0 Å². The average Bonchev–Trinajstić information content (AvgIpc) is 2.98. The molecule has 2 aromatic heterocycles. The molecule has 2 heterocycles. The Balaban J connectivity index is 1.83. The molecule has 0 aliphatic heterocycles. The van der Waals surface area contributed by atoms with Gasteiger partial charge in [0.1, 0.15) is 5.82 Å².